The van der Waals surface area contributed by atoms with Crippen LogP contribution in [-0.4, -0.2) is 41.8 Å². The van der Waals surface area contributed by atoms with Gasteiger partial charge in [-0.2, -0.15) is 0 Å². The molecule has 0 aliphatic carbocycles. The summed E-state index contributed by atoms with van der Waals surface area (Å²) in [5.41, 5.74) is 7.11. The highest BCUT2D eigenvalue weighted by Crippen LogP contribution is 2.25. The average molecular weight is 340 g/mol. The number of carbonyl (C=O) groups is 3. The standard InChI is InChI=1S/C16H21N3O3.ClH/c1-9-4-5-12-13(6-9)16(22)19(15(12)21)11(3)14(20)18-8-10(2)7-17;/h4-6,10-11H,7-8,17H2,1-3H3,(H,18,20);1H. The number of nitrogens with two attached hydrogens (primary N) is 1. The van der Waals surface area contributed by atoms with Gasteiger partial charge in [-0.05, 0) is 38.4 Å². The molecule has 0 saturated carbocycles. The predicted octanol–water partition coefficient (Wildman–Crippen LogP) is 1.11. The first-order valence-corrected chi connectivity index (χ1v) is 7.33. The summed E-state index contributed by atoms with van der Waals surface area (Å²) < 4.78 is 0. The lowest BCUT2D eigenvalue weighted by atomic mass is 10.1. The number of rotatable bonds is 5. The number of nitrogens with one attached hydrogen (secondary N) is 1. The van der Waals surface area contributed by atoms with Gasteiger partial charge in [-0.15, -0.1) is 12.4 Å². The quantitative estimate of drug-likeness (QED) is 0.786. The Labute approximate surface area is 141 Å². The zero-order chi connectivity index (χ0) is 16.4. The van der Waals surface area contributed by atoms with Gasteiger partial charge in [-0.1, -0.05) is 18.6 Å². The van der Waals surface area contributed by atoms with E-state index >= 15 is 0 Å². The normalized spacial score (nSPS) is 15.7. The van der Waals surface area contributed by atoms with Crippen molar-refractivity contribution in [1.29, 1.82) is 0 Å². The molecule has 1 heterocycles. The Morgan fingerprint density at radius 1 is 1.22 bits per heavy atom. The van der Waals surface area contributed by atoms with E-state index < -0.39 is 17.9 Å². The van der Waals surface area contributed by atoms with Crippen LogP contribution < -0.4 is 11.1 Å². The Morgan fingerprint density at radius 3 is 2.43 bits per heavy atom. The van der Waals surface area contributed by atoms with Gasteiger partial charge in [0.25, 0.3) is 11.8 Å². The molecule has 126 valence electrons. The minimum atomic E-state index is -0.849. The van der Waals surface area contributed by atoms with Gasteiger partial charge in [0.1, 0.15) is 6.04 Å². The first-order valence-electron chi connectivity index (χ1n) is 7.33. The highest BCUT2D eigenvalue weighted by molar-refractivity contribution is 6.22. The molecule has 0 saturated heterocycles. The van der Waals surface area contributed by atoms with E-state index in [1.807, 2.05) is 13.8 Å². The maximum absolute atomic E-state index is 12.4. The molecule has 3 amide bonds. The number of nitrogens with zero attached hydrogens (tertiary/aromatic N) is 1. The van der Waals surface area contributed by atoms with E-state index in [-0.39, 0.29) is 24.2 Å². The van der Waals surface area contributed by atoms with Gasteiger partial charge in [0.05, 0.1) is 11.1 Å². The van der Waals surface area contributed by atoms with Crippen molar-refractivity contribution >= 4 is 30.1 Å². The summed E-state index contributed by atoms with van der Waals surface area (Å²) in [6, 6.07) is 4.24. The number of benzene rings is 1. The van der Waals surface area contributed by atoms with E-state index in [4.69, 9.17) is 5.73 Å². The van der Waals surface area contributed by atoms with Crippen LogP contribution in [0.5, 0.6) is 0 Å². The Hall–Kier alpha value is -1.92. The van der Waals surface area contributed by atoms with Crippen LogP contribution >= 0.6 is 12.4 Å². The molecule has 7 heteroatoms. The van der Waals surface area contributed by atoms with Crippen molar-refractivity contribution in [2.45, 2.75) is 26.8 Å². The van der Waals surface area contributed by atoms with Crippen LogP contribution in [0.1, 0.15) is 40.1 Å². The third-order valence-electron chi connectivity index (χ3n) is 3.87. The number of carbonyl (C=O) groups excluding carboxylic acids is 3. The Balaban J connectivity index is 0.00000264. The zero-order valence-electron chi connectivity index (χ0n) is 13.5. The lowest BCUT2D eigenvalue weighted by Gasteiger charge is -2.22. The molecule has 1 aromatic rings. The number of halogens is 1. The molecular weight excluding hydrogens is 318 g/mol. The van der Waals surface area contributed by atoms with Crippen molar-refractivity contribution in [3.8, 4) is 0 Å². The summed E-state index contributed by atoms with van der Waals surface area (Å²) in [6.45, 7) is 6.20. The molecular formula is C16H22ClN3O3. The molecule has 1 aromatic carbocycles. The number of hydrogen-bond acceptors (Lipinski definition) is 4. The Bertz CT molecular complexity index is 633. The number of fused-ring (bicyclic) bond motifs is 1. The first-order chi connectivity index (χ1) is 10.4. The van der Waals surface area contributed by atoms with Crippen molar-refractivity contribution < 1.29 is 14.4 Å². The van der Waals surface area contributed by atoms with E-state index in [9.17, 15) is 14.4 Å². The number of amides is 3. The van der Waals surface area contributed by atoms with Crippen LogP contribution in [0.15, 0.2) is 18.2 Å². The second-order valence-corrected chi connectivity index (χ2v) is 5.79. The van der Waals surface area contributed by atoms with E-state index in [2.05, 4.69) is 5.32 Å². The van der Waals surface area contributed by atoms with E-state index in [1.54, 1.807) is 25.1 Å². The Morgan fingerprint density at radius 2 is 1.83 bits per heavy atom. The SMILES string of the molecule is Cc1ccc2c(c1)C(=O)N(C(C)C(=O)NCC(C)CN)C2=O.Cl. The van der Waals surface area contributed by atoms with E-state index in [0.29, 0.717) is 24.2 Å². The van der Waals surface area contributed by atoms with Gasteiger partial charge >= 0.3 is 0 Å². The molecule has 0 radical (unpaired) electrons. The molecule has 2 atom stereocenters. The summed E-state index contributed by atoms with van der Waals surface area (Å²) in [7, 11) is 0. The minimum absolute atomic E-state index is 0. The minimum Gasteiger partial charge on any atom is -0.354 e. The maximum atomic E-state index is 12.4. The molecule has 23 heavy (non-hydrogen) atoms. The molecule has 0 bridgehead atoms. The average Bonchev–Trinajstić information content (AvgIpc) is 2.74. The second-order valence-electron chi connectivity index (χ2n) is 5.79. The molecule has 0 fully saturated rings. The molecule has 6 nitrogen and oxygen atoms in total. The lowest BCUT2D eigenvalue weighted by molar-refractivity contribution is -0.124. The molecule has 2 rings (SSSR count). The first kappa shape index (κ1) is 19.1. The lowest BCUT2D eigenvalue weighted by Crippen LogP contribution is -2.48. The highest BCUT2D eigenvalue weighted by Gasteiger charge is 2.40. The summed E-state index contributed by atoms with van der Waals surface area (Å²) in [5.74, 6) is -1.06. The third-order valence-corrected chi connectivity index (χ3v) is 3.87. The van der Waals surface area contributed by atoms with Crippen LogP contribution in [0.3, 0.4) is 0 Å². The van der Waals surface area contributed by atoms with Crippen molar-refractivity contribution in [2.75, 3.05) is 13.1 Å². The topological polar surface area (TPSA) is 92.5 Å². The highest BCUT2D eigenvalue weighted by atomic mass is 35.5. The molecule has 3 N–H and O–H groups in total. The molecule has 2 unspecified atom stereocenters. The smallest absolute Gasteiger partial charge is 0.262 e. The van der Waals surface area contributed by atoms with Crippen LogP contribution in [-0.2, 0) is 4.79 Å². The van der Waals surface area contributed by atoms with Gasteiger partial charge < -0.3 is 11.1 Å². The van der Waals surface area contributed by atoms with Crippen LogP contribution in [0.2, 0.25) is 0 Å². The summed E-state index contributed by atoms with van der Waals surface area (Å²) in [4.78, 5) is 38.0. The van der Waals surface area contributed by atoms with Crippen molar-refractivity contribution in [3.05, 3.63) is 34.9 Å². The maximum Gasteiger partial charge on any atom is 0.262 e. The molecule has 1 aliphatic heterocycles. The summed E-state index contributed by atoms with van der Waals surface area (Å²) in [5, 5.41) is 2.72. The Kier molecular flexibility index (Phi) is 6.29. The second kappa shape index (κ2) is 7.57. The van der Waals surface area contributed by atoms with Gasteiger partial charge in [0.2, 0.25) is 5.91 Å². The fourth-order valence-corrected chi connectivity index (χ4v) is 2.35. The van der Waals surface area contributed by atoms with Crippen LogP contribution in [0.25, 0.3) is 0 Å². The third kappa shape index (κ3) is 3.71. The van der Waals surface area contributed by atoms with E-state index in [0.717, 1.165) is 10.5 Å². The number of hydrogen-bond donors (Lipinski definition) is 2. The van der Waals surface area contributed by atoms with Crippen molar-refractivity contribution in [2.24, 2.45) is 11.7 Å². The molecule has 1 aliphatic rings. The van der Waals surface area contributed by atoms with Crippen molar-refractivity contribution in [1.82, 2.24) is 10.2 Å². The van der Waals surface area contributed by atoms with Crippen LogP contribution in [0.4, 0.5) is 0 Å². The summed E-state index contributed by atoms with van der Waals surface area (Å²) >= 11 is 0. The zero-order valence-corrected chi connectivity index (χ0v) is 14.3. The fourth-order valence-electron chi connectivity index (χ4n) is 2.35. The van der Waals surface area contributed by atoms with E-state index in [1.165, 1.54) is 0 Å². The van der Waals surface area contributed by atoms with Crippen molar-refractivity contribution in [3.63, 3.8) is 0 Å². The monoisotopic (exact) mass is 339 g/mol. The predicted molar refractivity (Wildman–Crippen MR) is 89.6 cm³/mol. The molecule has 0 spiro atoms. The molecule has 0 aromatic heterocycles. The van der Waals surface area contributed by atoms with Gasteiger partial charge in [0, 0.05) is 6.54 Å². The van der Waals surface area contributed by atoms with Gasteiger partial charge in [-0.25, -0.2) is 0 Å². The van der Waals surface area contributed by atoms with Gasteiger partial charge in [0.15, 0.2) is 0 Å². The fraction of sp³-hybridized carbons (Fsp3) is 0.438. The number of aryl methyl sites for hydroxylation is 1. The largest absolute Gasteiger partial charge is 0.354 e. The summed E-state index contributed by atoms with van der Waals surface area (Å²) in [6.07, 6.45) is 0. The number of imide groups is 1. The van der Waals surface area contributed by atoms with Gasteiger partial charge in [-0.3, -0.25) is 19.3 Å². The van der Waals surface area contributed by atoms with Crippen LogP contribution in [0, 0.1) is 12.8 Å².